The Bertz CT molecular complexity index is 246. The molecule has 14 heavy (non-hydrogen) atoms. The van der Waals surface area contributed by atoms with E-state index in [1.165, 1.54) is 0 Å². The molecule has 0 unspecified atom stereocenters. The summed E-state index contributed by atoms with van der Waals surface area (Å²) in [6, 6.07) is 7.65. The second-order valence-corrected chi connectivity index (χ2v) is 3.01. The summed E-state index contributed by atoms with van der Waals surface area (Å²) < 4.78 is 10.6. The zero-order chi connectivity index (χ0) is 10.2. The summed E-state index contributed by atoms with van der Waals surface area (Å²) in [5, 5.41) is 2.21. The van der Waals surface area contributed by atoms with Crippen LogP contribution in [0.5, 0.6) is 11.5 Å². The lowest BCUT2D eigenvalue weighted by molar-refractivity contribution is -0.652. The monoisotopic (exact) mass is 196 g/mol. The number of rotatable bonds is 6. The van der Waals surface area contributed by atoms with Gasteiger partial charge in [0.15, 0.2) is 0 Å². The second-order valence-electron chi connectivity index (χ2n) is 3.01. The van der Waals surface area contributed by atoms with Gasteiger partial charge >= 0.3 is 0 Å². The first-order valence-corrected chi connectivity index (χ1v) is 4.95. The van der Waals surface area contributed by atoms with E-state index >= 15 is 0 Å². The van der Waals surface area contributed by atoms with Gasteiger partial charge in [0.05, 0.1) is 13.7 Å². The molecule has 0 fully saturated rings. The lowest BCUT2D eigenvalue weighted by atomic mass is 10.3. The molecule has 0 heterocycles. The number of methoxy groups -OCH3 is 1. The average molecular weight is 196 g/mol. The van der Waals surface area contributed by atoms with Crippen molar-refractivity contribution in [3.8, 4) is 11.5 Å². The minimum atomic E-state index is 0.750. The van der Waals surface area contributed by atoms with Gasteiger partial charge in [0.1, 0.15) is 24.7 Å². The number of hydrogen-bond donors (Lipinski definition) is 1. The third kappa shape index (κ3) is 3.66. The summed E-state index contributed by atoms with van der Waals surface area (Å²) in [6.07, 6.45) is 0. The Morgan fingerprint density at radius 1 is 1.14 bits per heavy atom. The Kier molecular flexibility index (Phi) is 4.86. The van der Waals surface area contributed by atoms with E-state index in [0.29, 0.717) is 0 Å². The van der Waals surface area contributed by atoms with Gasteiger partial charge in [-0.25, -0.2) is 0 Å². The number of quaternary nitrogens is 1. The molecule has 0 spiro atoms. The van der Waals surface area contributed by atoms with Crippen LogP contribution in [0.4, 0.5) is 0 Å². The number of benzene rings is 1. The zero-order valence-corrected chi connectivity index (χ0v) is 8.82. The van der Waals surface area contributed by atoms with Gasteiger partial charge in [-0.2, -0.15) is 0 Å². The highest BCUT2D eigenvalue weighted by molar-refractivity contribution is 5.30. The van der Waals surface area contributed by atoms with Gasteiger partial charge in [-0.1, -0.05) is 0 Å². The van der Waals surface area contributed by atoms with Gasteiger partial charge in [0, 0.05) is 0 Å². The largest absolute Gasteiger partial charge is 0.497 e. The molecular weight excluding hydrogens is 178 g/mol. The summed E-state index contributed by atoms with van der Waals surface area (Å²) in [5.74, 6) is 1.76. The van der Waals surface area contributed by atoms with Crippen LogP contribution in [-0.2, 0) is 0 Å². The maximum absolute atomic E-state index is 5.52. The molecule has 3 nitrogen and oxygen atoms in total. The number of ether oxygens (including phenoxy) is 2. The van der Waals surface area contributed by atoms with Crippen LogP contribution in [0.3, 0.4) is 0 Å². The van der Waals surface area contributed by atoms with Crippen LogP contribution >= 0.6 is 0 Å². The summed E-state index contributed by atoms with van der Waals surface area (Å²) in [7, 11) is 1.66. The van der Waals surface area contributed by atoms with Gasteiger partial charge < -0.3 is 14.8 Å². The molecule has 1 aromatic rings. The topological polar surface area (TPSA) is 35.1 Å². The van der Waals surface area contributed by atoms with E-state index in [1.807, 2.05) is 24.3 Å². The predicted octanol–water partition coefficient (Wildman–Crippen LogP) is 0.657. The van der Waals surface area contributed by atoms with Crippen LogP contribution in [0.1, 0.15) is 6.92 Å². The molecule has 0 saturated heterocycles. The fraction of sp³-hybridized carbons (Fsp3) is 0.455. The first-order valence-electron chi connectivity index (χ1n) is 4.95. The molecule has 0 aliphatic rings. The third-order valence-corrected chi connectivity index (χ3v) is 1.94. The van der Waals surface area contributed by atoms with Gasteiger partial charge in [-0.3, -0.25) is 0 Å². The Labute approximate surface area is 85.0 Å². The maximum Gasteiger partial charge on any atom is 0.137 e. The highest BCUT2D eigenvalue weighted by Gasteiger charge is 1.95. The predicted molar refractivity (Wildman–Crippen MR) is 55.8 cm³/mol. The van der Waals surface area contributed by atoms with Crippen LogP contribution in [0.15, 0.2) is 24.3 Å². The summed E-state index contributed by atoms with van der Waals surface area (Å²) >= 11 is 0. The van der Waals surface area contributed by atoms with Gasteiger partial charge in [-0.15, -0.1) is 0 Å². The van der Waals surface area contributed by atoms with E-state index < -0.39 is 0 Å². The highest BCUT2D eigenvalue weighted by Crippen LogP contribution is 2.16. The Hall–Kier alpha value is -1.22. The normalized spacial score (nSPS) is 9.86. The van der Waals surface area contributed by atoms with E-state index in [-0.39, 0.29) is 0 Å². The summed E-state index contributed by atoms with van der Waals surface area (Å²) in [4.78, 5) is 0. The molecule has 1 rings (SSSR count). The van der Waals surface area contributed by atoms with Crippen LogP contribution < -0.4 is 14.8 Å². The van der Waals surface area contributed by atoms with E-state index in [9.17, 15) is 0 Å². The SMILES string of the molecule is CC[NH2+]CCOc1ccc(OC)cc1. The van der Waals surface area contributed by atoms with E-state index in [1.54, 1.807) is 7.11 Å². The fourth-order valence-corrected chi connectivity index (χ4v) is 1.14. The number of likely N-dealkylation sites (N-methyl/N-ethyl adjacent to an activating group) is 1. The van der Waals surface area contributed by atoms with Crippen LogP contribution in [0.2, 0.25) is 0 Å². The summed E-state index contributed by atoms with van der Waals surface area (Å²) in [5.41, 5.74) is 0. The molecule has 78 valence electrons. The van der Waals surface area contributed by atoms with Gasteiger partial charge in [0.25, 0.3) is 0 Å². The van der Waals surface area contributed by atoms with Crippen molar-refractivity contribution >= 4 is 0 Å². The van der Waals surface area contributed by atoms with Crippen molar-refractivity contribution in [2.24, 2.45) is 0 Å². The number of nitrogens with two attached hydrogens (primary N) is 1. The molecule has 0 atom stereocenters. The second kappa shape index (κ2) is 6.27. The van der Waals surface area contributed by atoms with Crippen molar-refractivity contribution in [2.75, 3.05) is 26.8 Å². The van der Waals surface area contributed by atoms with Crippen molar-refractivity contribution in [1.29, 1.82) is 0 Å². The van der Waals surface area contributed by atoms with E-state index in [4.69, 9.17) is 9.47 Å². The summed E-state index contributed by atoms with van der Waals surface area (Å²) in [6.45, 7) is 4.99. The lowest BCUT2D eigenvalue weighted by Gasteiger charge is -2.05. The van der Waals surface area contributed by atoms with Crippen molar-refractivity contribution in [3.63, 3.8) is 0 Å². The molecule has 0 saturated carbocycles. The Balaban J connectivity index is 2.29. The highest BCUT2D eigenvalue weighted by atomic mass is 16.5. The first-order chi connectivity index (χ1) is 6.86. The molecule has 0 amide bonds. The molecule has 0 bridgehead atoms. The van der Waals surface area contributed by atoms with E-state index in [2.05, 4.69) is 12.2 Å². The van der Waals surface area contributed by atoms with Crippen LogP contribution in [0, 0.1) is 0 Å². The molecule has 0 aliphatic carbocycles. The minimum absolute atomic E-state index is 0.750. The Morgan fingerprint density at radius 3 is 2.36 bits per heavy atom. The Morgan fingerprint density at radius 2 is 1.79 bits per heavy atom. The molecular formula is C11H18NO2+. The quantitative estimate of drug-likeness (QED) is 0.678. The van der Waals surface area contributed by atoms with Gasteiger partial charge in [0.2, 0.25) is 0 Å². The lowest BCUT2D eigenvalue weighted by Crippen LogP contribution is -2.84. The maximum atomic E-state index is 5.52. The molecule has 1 aromatic carbocycles. The van der Waals surface area contributed by atoms with Crippen molar-refractivity contribution < 1.29 is 14.8 Å². The van der Waals surface area contributed by atoms with Crippen molar-refractivity contribution in [3.05, 3.63) is 24.3 Å². The molecule has 0 radical (unpaired) electrons. The third-order valence-electron chi connectivity index (χ3n) is 1.94. The number of hydrogen-bond acceptors (Lipinski definition) is 2. The average Bonchev–Trinajstić information content (AvgIpc) is 2.25. The minimum Gasteiger partial charge on any atom is -0.497 e. The van der Waals surface area contributed by atoms with Crippen molar-refractivity contribution in [2.45, 2.75) is 6.92 Å². The molecule has 0 aromatic heterocycles. The first kappa shape index (κ1) is 10.9. The van der Waals surface area contributed by atoms with Crippen LogP contribution in [-0.4, -0.2) is 26.8 Å². The standard InChI is InChI=1S/C11H17NO2/c1-3-12-8-9-14-11-6-4-10(13-2)5-7-11/h4-7,12H,3,8-9H2,1-2H3/p+1. The van der Waals surface area contributed by atoms with Crippen LogP contribution in [0.25, 0.3) is 0 Å². The fourth-order valence-electron chi connectivity index (χ4n) is 1.14. The zero-order valence-electron chi connectivity index (χ0n) is 8.82. The van der Waals surface area contributed by atoms with E-state index in [0.717, 1.165) is 31.2 Å². The smallest absolute Gasteiger partial charge is 0.137 e. The molecule has 0 aliphatic heterocycles. The molecule has 2 N–H and O–H groups in total. The molecule has 3 heteroatoms. The van der Waals surface area contributed by atoms with Crippen molar-refractivity contribution in [1.82, 2.24) is 0 Å². The van der Waals surface area contributed by atoms with Gasteiger partial charge in [-0.05, 0) is 31.2 Å².